The van der Waals surface area contributed by atoms with Crippen LogP contribution in [0.1, 0.15) is 17.3 Å². The van der Waals surface area contributed by atoms with Crippen LogP contribution >= 0.6 is 11.6 Å². The Hall–Kier alpha value is -1.89. The molecule has 1 atom stereocenters. The first kappa shape index (κ1) is 17.0. The maximum atomic E-state index is 12.4. The molecule has 3 rings (SSSR count). The minimum absolute atomic E-state index is 0.0353. The van der Waals surface area contributed by atoms with Crippen LogP contribution in [0.15, 0.2) is 30.3 Å². The van der Waals surface area contributed by atoms with Crippen molar-refractivity contribution in [3.05, 3.63) is 46.6 Å². The van der Waals surface area contributed by atoms with Crippen molar-refractivity contribution in [2.24, 2.45) is 7.05 Å². The number of hydrogen-bond acceptors (Lipinski definition) is 4. The molecule has 1 fully saturated rings. The Morgan fingerprint density at radius 2 is 2.29 bits per heavy atom. The molecule has 1 aromatic heterocycles. The quantitative estimate of drug-likeness (QED) is 0.887. The van der Waals surface area contributed by atoms with Crippen molar-refractivity contribution in [2.75, 3.05) is 31.5 Å². The van der Waals surface area contributed by atoms with Crippen LogP contribution < -0.4 is 10.6 Å². The number of benzene rings is 1. The Bertz CT molecular complexity index is 730. The van der Waals surface area contributed by atoms with Gasteiger partial charge in [-0.15, -0.1) is 0 Å². The van der Waals surface area contributed by atoms with Crippen LogP contribution in [0.4, 0.5) is 5.82 Å². The number of anilines is 1. The summed E-state index contributed by atoms with van der Waals surface area (Å²) < 4.78 is 1.68. The molecule has 0 saturated carbocycles. The molecular weight excluding hydrogens is 326 g/mol. The molecule has 1 unspecified atom stereocenters. The van der Waals surface area contributed by atoms with Gasteiger partial charge in [0, 0.05) is 43.8 Å². The summed E-state index contributed by atoms with van der Waals surface area (Å²) in [6.45, 7) is 4.73. The minimum atomic E-state index is -0.0353. The number of rotatable bonds is 4. The smallest absolute Gasteiger partial charge is 0.239 e. The number of halogens is 1. The lowest BCUT2D eigenvalue weighted by Gasteiger charge is -2.36. The van der Waals surface area contributed by atoms with Gasteiger partial charge >= 0.3 is 0 Å². The molecule has 1 amide bonds. The summed E-state index contributed by atoms with van der Waals surface area (Å²) in [6.07, 6.45) is 0. The summed E-state index contributed by atoms with van der Waals surface area (Å²) in [7, 11) is 1.82. The number of aromatic nitrogens is 2. The second-order valence-electron chi connectivity index (χ2n) is 6.09. The van der Waals surface area contributed by atoms with Gasteiger partial charge in [-0.3, -0.25) is 14.4 Å². The van der Waals surface area contributed by atoms with E-state index in [9.17, 15) is 4.79 Å². The Morgan fingerprint density at radius 3 is 3.00 bits per heavy atom. The highest BCUT2D eigenvalue weighted by molar-refractivity contribution is 6.30. The Labute approximate surface area is 146 Å². The van der Waals surface area contributed by atoms with E-state index in [4.69, 9.17) is 11.6 Å². The predicted molar refractivity (Wildman–Crippen MR) is 95.2 cm³/mol. The summed E-state index contributed by atoms with van der Waals surface area (Å²) in [5.74, 6) is 0.680. The number of aryl methyl sites for hydroxylation is 2. The number of amides is 1. The number of carbonyl (C=O) groups excluding carboxylic acids is 1. The predicted octanol–water partition coefficient (Wildman–Crippen LogP) is 1.97. The standard InChI is InChI=1S/C17H22ClN5O/c1-12-8-16(22(2)21-12)20-17(24)11-23-7-6-19-10-15(23)13-4-3-5-14(18)9-13/h3-5,8-9,15,19H,6-7,10-11H2,1-2H3,(H,20,24). The normalized spacial score (nSPS) is 18.5. The van der Waals surface area contributed by atoms with Crippen molar-refractivity contribution in [2.45, 2.75) is 13.0 Å². The largest absolute Gasteiger partial charge is 0.314 e. The fraction of sp³-hybridized carbons (Fsp3) is 0.412. The third-order valence-electron chi connectivity index (χ3n) is 4.20. The molecule has 128 valence electrons. The Balaban J connectivity index is 1.69. The summed E-state index contributed by atoms with van der Waals surface area (Å²) in [6, 6.07) is 9.83. The van der Waals surface area contributed by atoms with Crippen LogP contribution in [-0.4, -0.2) is 46.8 Å². The van der Waals surface area contributed by atoms with Gasteiger partial charge in [0.2, 0.25) is 5.91 Å². The molecule has 0 bridgehead atoms. The van der Waals surface area contributed by atoms with E-state index in [1.54, 1.807) is 4.68 Å². The number of nitrogens with zero attached hydrogens (tertiary/aromatic N) is 3. The number of piperazine rings is 1. The minimum Gasteiger partial charge on any atom is -0.314 e. The van der Waals surface area contributed by atoms with E-state index in [1.807, 2.05) is 38.2 Å². The third-order valence-corrected chi connectivity index (χ3v) is 4.44. The van der Waals surface area contributed by atoms with E-state index >= 15 is 0 Å². The number of nitrogens with one attached hydrogen (secondary N) is 2. The van der Waals surface area contributed by atoms with Crippen molar-refractivity contribution in [3.63, 3.8) is 0 Å². The van der Waals surface area contributed by atoms with Gasteiger partial charge in [0.25, 0.3) is 0 Å². The summed E-state index contributed by atoms with van der Waals surface area (Å²) in [4.78, 5) is 14.6. The summed E-state index contributed by atoms with van der Waals surface area (Å²) >= 11 is 6.12. The van der Waals surface area contributed by atoms with Crippen LogP contribution in [-0.2, 0) is 11.8 Å². The van der Waals surface area contributed by atoms with Crippen molar-refractivity contribution >= 4 is 23.3 Å². The van der Waals surface area contributed by atoms with E-state index in [0.717, 1.165) is 30.9 Å². The monoisotopic (exact) mass is 347 g/mol. The zero-order chi connectivity index (χ0) is 17.1. The molecule has 0 radical (unpaired) electrons. The Morgan fingerprint density at radius 1 is 1.46 bits per heavy atom. The highest BCUT2D eigenvalue weighted by Gasteiger charge is 2.25. The lowest BCUT2D eigenvalue weighted by molar-refractivity contribution is -0.118. The van der Waals surface area contributed by atoms with E-state index < -0.39 is 0 Å². The van der Waals surface area contributed by atoms with Gasteiger partial charge in [0.1, 0.15) is 5.82 Å². The molecule has 2 heterocycles. The zero-order valence-corrected chi connectivity index (χ0v) is 14.7. The van der Waals surface area contributed by atoms with Crippen LogP contribution in [0.25, 0.3) is 0 Å². The van der Waals surface area contributed by atoms with Crippen molar-refractivity contribution in [1.82, 2.24) is 20.0 Å². The fourth-order valence-electron chi connectivity index (χ4n) is 3.07. The first-order chi connectivity index (χ1) is 11.5. The Kier molecular flexibility index (Phi) is 5.18. The fourth-order valence-corrected chi connectivity index (χ4v) is 3.27. The van der Waals surface area contributed by atoms with Crippen molar-refractivity contribution < 1.29 is 4.79 Å². The van der Waals surface area contributed by atoms with Crippen molar-refractivity contribution in [1.29, 1.82) is 0 Å². The molecule has 0 spiro atoms. The molecule has 24 heavy (non-hydrogen) atoms. The topological polar surface area (TPSA) is 62.2 Å². The molecule has 2 aromatic rings. The summed E-state index contributed by atoms with van der Waals surface area (Å²) in [5.41, 5.74) is 2.01. The van der Waals surface area contributed by atoms with E-state index in [2.05, 4.69) is 26.7 Å². The van der Waals surface area contributed by atoms with Gasteiger partial charge in [-0.25, -0.2) is 0 Å². The molecule has 1 aromatic carbocycles. The van der Waals surface area contributed by atoms with Crippen molar-refractivity contribution in [3.8, 4) is 0 Å². The van der Waals surface area contributed by atoms with Crippen LogP contribution in [0.5, 0.6) is 0 Å². The molecular formula is C17H22ClN5O. The maximum absolute atomic E-state index is 12.4. The first-order valence-electron chi connectivity index (χ1n) is 8.03. The van der Waals surface area contributed by atoms with Gasteiger partial charge in [0.05, 0.1) is 12.2 Å². The van der Waals surface area contributed by atoms with Crippen LogP contribution in [0.3, 0.4) is 0 Å². The summed E-state index contributed by atoms with van der Waals surface area (Å²) in [5, 5.41) is 11.3. The molecule has 1 saturated heterocycles. The average molecular weight is 348 g/mol. The highest BCUT2D eigenvalue weighted by atomic mass is 35.5. The van der Waals surface area contributed by atoms with Gasteiger partial charge in [-0.05, 0) is 24.6 Å². The molecule has 1 aliphatic heterocycles. The molecule has 2 N–H and O–H groups in total. The average Bonchev–Trinajstić information content (AvgIpc) is 2.85. The lowest BCUT2D eigenvalue weighted by Crippen LogP contribution is -2.48. The van der Waals surface area contributed by atoms with Gasteiger partial charge in [-0.1, -0.05) is 23.7 Å². The molecule has 6 nitrogen and oxygen atoms in total. The second kappa shape index (κ2) is 7.34. The van der Waals surface area contributed by atoms with Gasteiger partial charge in [-0.2, -0.15) is 5.10 Å². The lowest BCUT2D eigenvalue weighted by atomic mass is 10.0. The molecule has 0 aliphatic carbocycles. The SMILES string of the molecule is Cc1cc(NC(=O)CN2CCNCC2c2cccc(Cl)c2)n(C)n1. The van der Waals surface area contributed by atoms with Gasteiger partial charge in [0.15, 0.2) is 0 Å². The van der Waals surface area contributed by atoms with E-state index in [-0.39, 0.29) is 11.9 Å². The third kappa shape index (κ3) is 3.95. The van der Waals surface area contributed by atoms with Crippen LogP contribution in [0.2, 0.25) is 5.02 Å². The first-order valence-corrected chi connectivity index (χ1v) is 8.41. The second-order valence-corrected chi connectivity index (χ2v) is 6.52. The van der Waals surface area contributed by atoms with Crippen LogP contribution in [0, 0.1) is 6.92 Å². The van der Waals surface area contributed by atoms with E-state index in [0.29, 0.717) is 17.4 Å². The molecule has 7 heteroatoms. The van der Waals surface area contributed by atoms with E-state index in [1.165, 1.54) is 0 Å². The number of hydrogen-bond donors (Lipinski definition) is 2. The molecule has 1 aliphatic rings. The number of carbonyl (C=O) groups is 1. The zero-order valence-electron chi connectivity index (χ0n) is 13.9. The maximum Gasteiger partial charge on any atom is 0.239 e. The van der Waals surface area contributed by atoms with Gasteiger partial charge < -0.3 is 10.6 Å². The highest BCUT2D eigenvalue weighted by Crippen LogP contribution is 2.24.